The van der Waals surface area contributed by atoms with E-state index in [1.807, 2.05) is 54.6 Å². The zero-order chi connectivity index (χ0) is 12.8. The Morgan fingerprint density at radius 2 is 1.67 bits per heavy atom. The lowest BCUT2D eigenvalue weighted by molar-refractivity contribution is 0.0983. The van der Waals surface area contributed by atoms with E-state index in [2.05, 4.69) is 0 Å². The van der Waals surface area contributed by atoms with E-state index in [1.165, 1.54) is 5.56 Å². The number of rotatable bonds is 5. The maximum atomic E-state index is 12.1. The number of ketones is 1. The summed E-state index contributed by atoms with van der Waals surface area (Å²) in [5, 5.41) is 1.57. The molecule has 0 unspecified atom stereocenters. The number of thiocarbonyl (C=S) groups is 1. The van der Waals surface area contributed by atoms with Gasteiger partial charge in [0, 0.05) is 17.4 Å². The van der Waals surface area contributed by atoms with Crippen LogP contribution in [-0.2, 0) is 6.42 Å². The Kier molecular flexibility index (Phi) is 4.37. The van der Waals surface area contributed by atoms with Crippen LogP contribution in [0.4, 0.5) is 0 Å². The van der Waals surface area contributed by atoms with Crippen molar-refractivity contribution in [2.45, 2.75) is 12.8 Å². The SMILES string of the molecule is O=C(CCc1ccccc1)c1ccccc1C=S. The number of Topliss-reactive ketones (excluding diaryl/α,β-unsaturated/α-hetero) is 1. The quantitative estimate of drug-likeness (QED) is 0.595. The lowest BCUT2D eigenvalue weighted by atomic mass is 9.99. The van der Waals surface area contributed by atoms with Gasteiger partial charge in [-0.3, -0.25) is 4.79 Å². The van der Waals surface area contributed by atoms with E-state index >= 15 is 0 Å². The van der Waals surface area contributed by atoms with E-state index in [-0.39, 0.29) is 5.78 Å². The van der Waals surface area contributed by atoms with Gasteiger partial charge in [-0.05, 0) is 17.5 Å². The Morgan fingerprint density at radius 1 is 1.00 bits per heavy atom. The number of hydrogen-bond acceptors (Lipinski definition) is 2. The minimum atomic E-state index is 0.149. The second-order valence-electron chi connectivity index (χ2n) is 4.11. The van der Waals surface area contributed by atoms with Crippen LogP contribution in [0.2, 0.25) is 0 Å². The molecule has 0 aliphatic carbocycles. The molecule has 0 radical (unpaired) electrons. The molecule has 0 fully saturated rings. The third-order valence-electron chi connectivity index (χ3n) is 2.87. The van der Waals surface area contributed by atoms with E-state index in [4.69, 9.17) is 12.2 Å². The zero-order valence-electron chi connectivity index (χ0n) is 10.0. The molecule has 0 spiro atoms. The van der Waals surface area contributed by atoms with Crippen molar-refractivity contribution in [1.29, 1.82) is 0 Å². The fourth-order valence-corrected chi connectivity index (χ4v) is 2.10. The van der Waals surface area contributed by atoms with Crippen LogP contribution in [0.3, 0.4) is 0 Å². The first kappa shape index (κ1) is 12.7. The van der Waals surface area contributed by atoms with Gasteiger partial charge in [-0.15, -0.1) is 0 Å². The molecule has 2 heteroatoms. The zero-order valence-corrected chi connectivity index (χ0v) is 10.8. The van der Waals surface area contributed by atoms with Gasteiger partial charge in [0.05, 0.1) is 0 Å². The second kappa shape index (κ2) is 6.22. The highest BCUT2D eigenvalue weighted by Crippen LogP contribution is 2.12. The van der Waals surface area contributed by atoms with Crippen LogP contribution in [0.15, 0.2) is 54.6 Å². The summed E-state index contributed by atoms with van der Waals surface area (Å²) in [6.07, 6.45) is 1.29. The van der Waals surface area contributed by atoms with Gasteiger partial charge >= 0.3 is 0 Å². The first-order valence-electron chi connectivity index (χ1n) is 5.92. The monoisotopic (exact) mass is 254 g/mol. The van der Waals surface area contributed by atoms with Gasteiger partial charge in [0.25, 0.3) is 0 Å². The molecule has 0 heterocycles. The summed E-state index contributed by atoms with van der Waals surface area (Å²) in [6, 6.07) is 17.5. The fourth-order valence-electron chi connectivity index (χ4n) is 1.89. The van der Waals surface area contributed by atoms with Crippen LogP contribution < -0.4 is 0 Å². The first-order valence-corrected chi connectivity index (χ1v) is 6.40. The standard InChI is InChI=1S/C16H14OS/c17-16(11-10-13-6-2-1-3-7-13)15-9-5-4-8-14(15)12-18/h1-9,12H,10-11H2. The summed E-state index contributed by atoms with van der Waals surface area (Å²) < 4.78 is 0. The average Bonchev–Trinajstić information content (AvgIpc) is 2.45. The Hall–Kier alpha value is -1.80. The summed E-state index contributed by atoms with van der Waals surface area (Å²) in [4.78, 5) is 12.1. The number of hydrogen-bond donors (Lipinski definition) is 0. The lowest BCUT2D eigenvalue weighted by Gasteiger charge is -2.04. The molecule has 0 N–H and O–H groups in total. The maximum Gasteiger partial charge on any atom is 0.163 e. The molecule has 18 heavy (non-hydrogen) atoms. The molecule has 0 bridgehead atoms. The van der Waals surface area contributed by atoms with Gasteiger partial charge < -0.3 is 0 Å². The van der Waals surface area contributed by atoms with E-state index in [1.54, 1.807) is 5.37 Å². The van der Waals surface area contributed by atoms with Crippen molar-refractivity contribution in [2.75, 3.05) is 0 Å². The molecule has 0 atom stereocenters. The normalized spacial score (nSPS) is 10.0. The molecule has 0 saturated carbocycles. The molecular weight excluding hydrogens is 240 g/mol. The fraction of sp³-hybridized carbons (Fsp3) is 0.125. The number of carbonyl (C=O) groups is 1. The second-order valence-corrected chi connectivity index (χ2v) is 4.35. The van der Waals surface area contributed by atoms with Crippen molar-refractivity contribution in [2.24, 2.45) is 0 Å². The Labute approximate surface area is 112 Å². The summed E-state index contributed by atoms with van der Waals surface area (Å²) >= 11 is 4.93. The smallest absolute Gasteiger partial charge is 0.163 e. The summed E-state index contributed by atoms with van der Waals surface area (Å²) in [6.45, 7) is 0. The van der Waals surface area contributed by atoms with E-state index in [0.717, 1.165) is 17.5 Å². The molecular formula is C16H14OS. The number of aryl methyl sites for hydroxylation is 1. The maximum absolute atomic E-state index is 12.1. The van der Waals surface area contributed by atoms with Crippen molar-refractivity contribution in [3.05, 3.63) is 71.3 Å². The van der Waals surface area contributed by atoms with Crippen molar-refractivity contribution >= 4 is 23.4 Å². The van der Waals surface area contributed by atoms with Crippen LogP contribution in [-0.4, -0.2) is 11.2 Å². The molecule has 0 amide bonds. The predicted octanol–water partition coefficient (Wildman–Crippen LogP) is 3.85. The Bertz CT molecular complexity index is 546. The summed E-state index contributed by atoms with van der Waals surface area (Å²) in [5.41, 5.74) is 2.75. The predicted molar refractivity (Wildman–Crippen MR) is 78.3 cm³/mol. The Balaban J connectivity index is 2.06. The molecule has 2 aromatic rings. The molecule has 0 aliphatic rings. The lowest BCUT2D eigenvalue weighted by Crippen LogP contribution is -2.04. The Morgan fingerprint density at radius 3 is 2.39 bits per heavy atom. The third-order valence-corrected chi connectivity index (χ3v) is 3.13. The van der Waals surface area contributed by atoms with E-state index < -0.39 is 0 Å². The van der Waals surface area contributed by atoms with Gasteiger partial charge in [0.2, 0.25) is 0 Å². The van der Waals surface area contributed by atoms with Gasteiger partial charge in [-0.1, -0.05) is 66.8 Å². The van der Waals surface area contributed by atoms with Crippen molar-refractivity contribution in [1.82, 2.24) is 0 Å². The van der Waals surface area contributed by atoms with Gasteiger partial charge in [-0.25, -0.2) is 0 Å². The van der Waals surface area contributed by atoms with Crippen molar-refractivity contribution < 1.29 is 4.79 Å². The van der Waals surface area contributed by atoms with Gasteiger partial charge in [0.15, 0.2) is 5.78 Å². The topological polar surface area (TPSA) is 17.1 Å². The highest BCUT2D eigenvalue weighted by Gasteiger charge is 2.09. The molecule has 0 aromatic heterocycles. The highest BCUT2D eigenvalue weighted by molar-refractivity contribution is 7.79. The molecule has 2 aromatic carbocycles. The van der Waals surface area contributed by atoms with Crippen molar-refractivity contribution in [3.8, 4) is 0 Å². The van der Waals surface area contributed by atoms with Gasteiger partial charge in [0.1, 0.15) is 0 Å². The van der Waals surface area contributed by atoms with Gasteiger partial charge in [-0.2, -0.15) is 0 Å². The molecule has 2 rings (SSSR count). The largest absolute Gasteiger partial charge is 0.294 e. The summed E-state index contributed by atoms with van der Waals surface area (Å²) in [5.74, 6) is 0.149. The van der Waals surface area contributed by atoms with Crippen LogP contribution in [0.5, 0.6) is 0 Å². The average molecular weight is 254 g/mol. The molecule has 90 valence electrons. The molecule has 0 saturated heterocycles. The van der Waals surface area contributed by atoms with Crippen LogP contribution in [0, 0.1) is 0 Å². The number of benzene rings is 2. The highest BCUT2D eigenvalue weighted by atomic mass is 32.1. The molecule has 1 nitrogen and oxygen atoms in total. The van der Waals surface area contributed by atoms with E-state index in [9.17, 15) is 4.79 Å². The van der Waals surface area contributed by atoms with Crippen LogP contribution >= 0.6 is 12.2 Å². The first-order chi connectivity index (χ1) is 8.81. The van der Waals surface area contributed by atoms with Crippen LogP contribution in [0.1, 0.15) is 27.9 Å². The number of carbonyl (C=O) groups excluding carboxylic acids is 1. The summed E-state index contributed by atoms with van der Waals surface area (Å²) in [7, 11) is 0. The van der Waals surface area contributed by atoms with E-state index in [0.29, 0.717) is 6.42 Å². The minimum absolute atomic E-state index is 0.149. The molecule has 0 aliphatic heterocycles. The third kappa shape index (κ3) is 3.11. The minimum Gasteiger partial charge on any atom is -0.294 e. The van der Waals surface area contributed by atoms with Crippen molar-refractivity contribution in [3.63, 3.8) is 0 Å². The van der Waals surface area contributed by atoms with Crippen LogP contribution in [0.25, 0.3) is 0 Å².